The number of carbonyl (C=O) groups is 2. The van der Waals surface area contributed by atoms with Gasteiger partial charge in [-0.3, -0.25) is 4.79 Å². The summed E-state index contributed by atoms with van der Waals surface area (Å²) >= 11 is 0. The van der Waals surface area contributed by atoms with Gasteiger partial charge in [0.05, 0.1) is 19.8 Å². The van der Waals surface area contributed by atoms with Crippen molar-refractivity contribution in [3.8, 4) is 0 Å². The summed E-state index contributed by atoms with van der Waals surface area (Å²) in [6, 6.07) is 0. The predicted molar refractivity (Wildman–Crippen MR) is 66.4 cm³/mol. The molecule has 0 heterocycles. The molecule has 0 rings (SSSR count). The molecular formula is C12H23NO5. The Morgan fingerprint density at radius 3 is 2.50 bits per heavy atom. The summed E-state index contributed by atoms with van der Waals surface area (Å²) in [5.41, 5.74) is 0. The van der Waals surface area contributed by atoms with E-state index in [4.69, 9.17) is 14.6 Å². The molecular weight excluding hydrogens is 238 g/mol. The van der Waals surface area contributed by atoms with E-state index in [-0.39, 0.29) is 25.0 Å². The van der Waals surface area contributed by atoms with E-state index in [9.17, 15) is 9.59 Å². The average Bonchev–Trinajstić information content (AvgIpc) is 2.32. The number of ether oxygens (including phenoxy) is 2. The number of carbonyl (C=O) groups excluding carboxylic acids is 1. The molecule has 0 bridgehead atoms. The van der Waals surface area contributed by atoms with Gasteiger partial charge in [-0.1, -0.05) is 20.3 Å². The van der Waals surface area contributed by atoms with Gasteiger partial charge < -0.3 is 19.9 Å². The first-order valence-electron chi connectivity index (χ1n) is 6.23. The van der Waals surface area contributed by atoms with Crippen LogP contribution in [-0.4, -0.2) is 50.0 Å². The van der Waals surface area contributed by atoms with Crippen molar-refractivity contribution in [2.45, 2.75) is 26.7 Å². The zero-order valence-electron chi connectivity index (χ0n) is 11.1. The van der Waals surface area contributed by atoms with E-state index in [1.165, 1.54) is 0 Å². The van der Waals surface area contributed by atoms with Gasteiger partial charge in [0.25, 0.3) is 0 Å². The zero-order valence-corrected chi connectivity index (χ0v) is 11.1. The fraction of sp³-hybridized carbons (Fsp3) is 0.833. The minimum atomic E-state index is -0.993. The second-order valence-electron chi connectivity index (χ2n) is 4.04. The van der Waals surface area contributed by atoms with Crippen molar-refractivity contribution in [2.75, 3.05) is 33.0 Å². The zero-order chi connectivity index (χ0) is 13.8. The number of aliphatic carboxylic acids is 1. The number of rotatable bonds is 11. The summed E-state index contributed by atoms with van der Waals surface area (Å²) in [6.45, 7) is 5.07. The van der Waals surface area contributed by atoms with Crippen molar-refractivity contribution in [1.82, 2.24) is 5.32 Å². The Morgan fingerprint density at radius 1 is 1.22 bits per heavy atom. The van der Waals surface area contributed by atoms with Crippen LogP contribution in [-0.2, 0) is 19.1 Å². The van der Waals surface area contributed by atoms with Crippen LogP contribution in [0.3, 0.4) is 0 Å². The lowest BCUT2D eigenvalue weighted by atomic mass is 10.1. The second kappa shape index (κ2) is 11.0. The molecule has 0 aliphatic rings. The van der Waals surface area contributed by atoms with Crippen molar-refractivity contribution in [3.05, 3.63) is 0 Å². The van der Waals surface area contributed by atoms with Crippen LogP contribution in [0.1, 0.15) is 26.7 Å². The molecule has 0 aromatic rings. The van der Waals surface area contributed by atoms with Crippen LogP contribution in [0.15, 0.2) is 0 Å². The Balaban J connectivity index is 3.29. The summed E-state index contributed by atoms with van der Waals surface area (Å²) in [6.07, 6.45) is 1.88. The van der Waals surface area contributed by atoms with E-state index < -0.39 is 5.97 Å². The van der Waals surface area contributed by atoms with Crippen LogP contribution in [0.5, 0.6) is 0 Å². The van der Waals surface area contributed by atoms with Gasteiger partial charge in [0.2, 0.25) is 5.91 Å². The fourth-order valence-corrected chi connectivity index (χ4v) is 1.36. The van der Waals surface area contributed by atoms with Crippen molar-refractivity contribution >= 4 is 11.9 Å². The number of hydrogen-bond donors (Lipinski definition) is 2. The van der Waals surface area contributed by atoms with E-state index in [2.05, 4.69) is 5.32 Å². The van der Waals surface area contributed by atoms with Gasteiger partial charge in [0, 0.05) is 12.5 Å². The normalized spacial score (nSPS) is 12.1. The van der Waals surface area contributed by atoms with E-state index in [0.717, 1.165) is 12.8 Å². The Bertz CT molecular complexity index is 245. The molecule has 0 saturated heterocycles. The molecule has 0 fully saturated rings. The molecule has 0 aliphatic carbocycles. The predicted octanol–water partition coefficient (Wildman–Crippen LogP) is 0.657. The third-order valence-corrected chi connectivity index (χ3v) is 2.31. The lowest BCUT2D eigenvalue weighted by molar-refractivity contribution is -0.142. The lowest BCUT2D eigenvalue weighted by Gasteiger charge is -2.11. The van der Waals surface area contributed by atoms with Gasteiger partial charge >= 0.3 is 5.97 Å². The molecule has 1 amide bonds. The summed E-state index contributed by atoms with van der Waals surface area (Å²) in [7, 11) is 0. The highest BCUT2D eigenvalue weighted by molar-refractivity contribution is 5.78. The van der Waals surface area contributed by atoms with Crippen LogP contribution >= 0.6 is 0 Å². The van der Waals surface area contributed by atoms with E-state index >= 15 is 0 Å². The summed E-state index contributed by atoms with van der Waals surface area (Å²) in [5.74, 6) is -0.913. The first-order valence-corrected chi connectivity index (χ1v) is 6.23. The summed E-state index contributed by atoms with van der Waals surface area (Å²) in [5, 5.41) is 11.1. The number of carboxylic acids is 1. The highest BCUT2D eigenvalue weighted by Crippen LogP contribution is 2.03. The van der Waals surface area contributed by atoms with Crippen molar-refractivity contribution in [2.24, 2.45) is 5.92 Å². The molecule has 1 unspecified atom stereocenters. The largest absolute Gasteiger partial charge is 0.480 e. The maximum atomic E-state index is 11.5. The van der Waals surface area contributed by atoms with Gasteiger partial charge in [-0.2, -0.15) is 0 Å². The van der Waals surface area contributed by atoms with Crippen LogP contribution < -0.4 is 5.32 Å². The van der Waals surface area contributed by atoms with Gasteiger partial charge in [-0.05, 0) is 6.42 Å². The van der Waals surface area contributed by atoms with Crippen LogP contribution in [0.2, 0.25) is 0 Å². The second-order valence-corrected chi connectivity index (χ2v) is 4.04. The Morgan fingerprint density at radius 2 is 1.89 bits per heavy atom. The van der Waals surface area contributed by atoms with Gasteiger partial charge in [-0.25, -0.2) is 4.79 Å². The summed E-state index contributed by atoms with van der Waals surface area (Å²) in [4.78, 5) is 21.6. The van der Waals surface area contributed by atoms with E-state index in [1.54, 1.807) is 0 Å². The van der Waals surface area contributed by atoms with Crippen LogP contribution in [0.4, 0.5) is 0 Å². The van der Waals surface area contributed by atoms with Gasteiger partial charge in [0.1, 0.15) is 6.61 Å². The van der Waals surface area contributed by atoms with Crippen molar-refractivity contribution in [3.63, 3.8) is 0 Å². The fourth-order valence-electron chi connectivity index (χ4n) is 1.36. The molecule has 1 atom stereocenters. The Kier molecular flexibility index (Phi) is 10.3. The maximum Gasteiger partial charge on any atom is 0.329 e. The lowest BCUT2D eigenvalue weighted by Crippen LogP contribution is -2.32. The molecule has 0 radical (unpaired) electrons. The number of nitrogens with one attached hydrogen (secondary N) is 1. The highest BCUT2D eigenvalue weighted by atomic mass is 16.5. The smallest absolute Gasteiger partial charge is 0.329 e. The maximum absolute atomic E-state index is 11.5. The minimum Gasteiger partial charge on any atom is -0.480 e. The van der Waals surface area contributed by atoms with E-state index in [1.807, 2.05) is 13.8 Å². The van der Waals surface area contributed by atoms with Crippen LogP contribution in [0, 0.1) is 5.92 Å². The molecule has 0 spiro atoms. The molecule has 18 heavy (non-hydrogen) atoms. The number of hydrogen-bond acceptors (Lipinski definition) is 4. The monoisotopic (exact) mass is 261 g/mol. The molecule has 6 heteroatoms. The highest BCUT2D eigenvalue weighted by Gasteiger charge is 2.10. The quantitative estimate of drug-likeness (QED) is 0.534. The Labute approximate surface area is 108 Å². The molecule has 0 saturated carbocycles. The molecule has 106 valence electrons. The third kappa shape index (κ3) is 10.0. The van der Waals surface area contributed by atoms with E-state index in [0.29, 0.717) is 19.8 Å². The number of carboxylic acid groups (broad SMARTS) is 1. The van der Waals surface area contributed by atoms with Crippen molar-refractivity contribution in [1.29, 1.82) is 0 Å². The summed E-state index contributed by atoms with van der Waals surface area (Å²) < 4.78 is 9.95. The molecule has 6 nitrogen and oxygen atoms in total. The van der Waals surface area contributed by atoms with Gasteiger partial charge in [0.15, 0.2) is 0 Å². The first kappa shape index (κ1) is 16.9. The SMILES string of the molecule is CCCC(C)C(=O)NCCOCCOCC(=O)O. The average molecular weight is 261 g/mol. The van der Waals surface area contributed by atoms with Crippen LogP contribution in [0.25, 0.3) is 0 Å². The first-order chi connectivity index (χ1) is 8.57. The standard InChI is InChI=1S/C12H23NO5/c1-3-4-10(2)12(16)13-5-6-17-7-8-18-9-11(14)15/h10H,3-9H2,1-2H3,(H,13,16)(H,14,15). The molecule has 0 aromatic heterocycles. The topological polar surface area (TPSA) is 84.9 Å². The molecule has 2 N–H and O–H groups in total. The van der Waals surface area contributed by atoms with Crippen molar-refractivity contribution < 1.29 is 24.2 Å². The van der Waals surface area contributed by atoms with Gasteiger partial charge in [-0.15, -0.1) is 0 Å². The third-order valence-electron chi connectivity index (χ3n) is 2.31. The Hall–Kier alpha value is -1.14. The minimum absolute atomic E-state index is 0.0360. The molecule has 0 aromatic carbocycles. The molecule has 0 aliphatic heterocycles. The number of amides is 1.